The first-order chi connectivity index (χ1) is 9.20. The minimum Gasteiger partial charge on any atom is -0.393 e. The Morgan fingerprint density at radius 1 is 1.21 bits per heavy atom. The lowest BCUT2D eigenvalue weighted by atomic mass is 9.88. The molecule has 0 aliphatic heterocycles. The van der Waals surface area contributed by atoms with Gasteiger partial charge in [0.15, 0.2) is 0 Å². The maximum absolute atomic E-state index is 9.56. The number of aryl methyl sites for hydroxylation is 1. The van der Waals surface area contributed by atoms with Gasteiger partial charge in [-0.15, -0.1) is 0 Å². The highest BCUT2D eigenvalue weighted by atomic mass is 79.9. The van der Waals surface area contributed by atoms with Gasteiger partial charge in [0, 0.05) is 10.5 Å². The topological polar surface area (TPSA) is 32.3 Å². The average Bonchev–Trinajstić information content (AvgIpc) is 2.82. The second-order valence-electron chi connectivity index (χ2n) is 6.09. The van der Waals surface area contributed by atoms with Crippen molar-refractivity contribution in [1.82, 2.24) is 5.32 Å². The van der Waals surface area contributed by atoms with Crippen LogP contribution in [0.4, 0.5) is 0 Å². The van der Waals surface area contributed by atoms with Crippen molar-refractivity contribution in [3.8, 4) is 0 Å². The Balaban J connectivity index is 1.53. The van der Waals surface area contributed by atoms with Crippen molar-refractivity contribution >= 4 is 15.9 Å². The lowest BCUT2D eigenvalue weighted by molar-refractivity contribution is 0.177. The van der Waals surface area contributed by atoms with Gasteiger partial charge in [0.25, 0.3) is 0 Å². The molecule has 0 saturated heterocycles. The SMILES string of the molecule is OC1CCC(CNC2CCc3cc(Br)ccc3C2)C1. The van der Waals surface area contributed by atoms with Crippen LogP contribution in [0.1, 0.15) is 36.8 Å². The summed E-state index contributed by atoms with van der Waals surface area (Å²) in [5.41, 5.74) is 3.00. The van der Waals surface area contributed by atoms with Crippen molar-refractivity contribution < 1.29 is 5.11 Å². The van der Waals surface area contributed by atoms with Crippen LogP contribution in [0.15, 0.2) is 22.7 Å². The Bertz CT molecular complexity index is 448. The van der Waals surface area contributed by atoms with E-state index in [2.05, 4.69) is 39.4 Å². The third-order valence-electron chi connectivity index (χ3n) is 4.61. The van der Waals surface area contributed by atoms with Gasteiger partial charge in [-0.2, -0.15) is 0 Å². The van der Waals surface area contributed by atoms with E-state index in [9.17, 15) is 5.11 Å². The average molecular weight is 324 g/mol. The van der Waals surface area contributed by atoms with Gasteiger partial charge >= 0.3 is 0 Å². The molecule has 3 unspecified atom stereocenters. The summed E-state index contributed by atoms with van der Waals surface area (Å²) in [5.74, 6) is 0.682. The second kappa shape index (κ2) is 5.94. The molecule has 0 radical (unpaired) electrons. The van der Waals surface area contributed by atoms with Gasteiger partial charge in [0.05, 0.1) is 6.10 Å². The zero-order valence-electron chi connectivity index (χ0n) is 11.2. The number of rotatable bonds is 3. The Morgan fingerprint density at radius 2 is 2.11 bits per heavy atom. The molecule has 2 aliphatic rings. The van der Waals surface area contributed by atoms with Crippen LogP contribution in [0, 0.1) is 5.92 Å². The standard InChI is InChI=1S/C16H22BrNO/c17-14-4-2-13-9-15(5-3-12(13)8-14)18-10-11-1-6-16(19)7-11/h2,4,8,11,15-16,18-19H,1,3,5-7,9-10H2. The summed E-state index contributed by atoms with van der Waals surface area (Å²) in [6.45, 7) is 1.08. The number of halogens is 1. The number of aliphatic hydroxyl groups is 1. The summed E-state index contributed by atoms with van der Waals surface area (Å²) < 4.78 is 1.19. The molecule has 1 saturated carbocycles. The molecule has 0 amide bonds. The molecule has 2 aliphatic carbocycles. The third kappa shape index (κ3) is 3.39. The number of benzene rings is 1. The van der Waals surface area contributed by atoms with Crippen LogP contribution in [0.5, 0.6) is 0 Å². The van der Waals surface area contributed by atoms with Crippen LogP contribution < -0.4 is 5.32 Å². The highest BCUT2D eigenvalue weighted by molar-refractivity contribution is 9.10. The van der Waals surface area contributed by atoms with Crippen LogP contribution in [0.25, 0.3) is 0 Å². The van der Waals surface area contributed by atoms with E-state index in [-0.39, 0.29) is 6.10 Å². The van der Waals surface area contributed by atoms with Crippen LogP contribution in [-0.2, 0) is 12.8 Å². The molecule has 0 aromatic heterocycles. The van der Waals surface area contributed by atoms with Crippen LogP contribution >= 0.6 is 15.9 Å². The quantitative estimate of drug-likeness (QED) is 0.896. The summed E-state index contributed by atoms with van der Waals surface area (Å²) in [7, 11) is 0. The largest absolute Gasteiger partial charge is 0.393 e. The predicted octanol–water partition coefficient (Wildman–Crippen LogP) is 3.06. The molecular formula is C16H22BrNO. The van der Waals surface area contributed by atoms with E-state index in [1.54, 1.807) is 0 Å². The van der Waals surface area contributed by atoms with Crippen molar-refractivity contribution in [2.75, 3.05) is 6.54 Å². The summed E-state index contributed by atoms with van der Waals surface area (Å²) in [6, 6.07) is 7.28. The molecule has 104 valence electrons. The van der Waals surface area contributed by atoms with E-state index in [0.717, 1.165) is 25.8 Å². The van der Waals surface area contributed by atoms with Gasteiger partial charge in [0.2, 0.25) is 0 Å². The molecule has 3 atom stereocenters. The normalized spacial score (nSPS) is 30.3. The Hall–Kier alpha value is -0.380. The van der Waals surface area contributed by atoms with E-state index in [1.807, 2.05) is 0 Å². The first-order valence-electron chi connectivity index (χ1n) is 7.39. The van der Waals surface area contributed by atoms with Gasteiger partial charge in [0.1, 0.15) is 0 Å². The Morgan fingerprint density at radius 3 is 2.89 bits per heavy atom. The van der Waals surface area contributed by atoms with Crippen molar-refractivity contribution in [3.05, 3.63) is 33.8 Å². The van der Waals surface area contributed by atoms with Gasteiger partial charge in [-0.25, -0.2) is 0 Å². The van der Waals surface area contributed by atoms with Crippen LogP contribution in [0.2, 0.25) is 0 Å². The van der Waals surface area contributed by atoms with Gasteiger partial charge < -0.3 is 10.4 Å². The molecule has 3 rings (SSSR count). The van der Waals surface area contributed by atoms with E-state index in [1.165, 1.54) is 34.9 Å². The molecular weight excluding hydrogens is 302 g/mol. The number of fused-ring (bicyclic) bond motifs is 1. The minimum atomic E-state index is -0.0452. The molecule has 1 aromatic rings. The molecule has 2 nitrogen and oxygen atoms in total. The first-order valence-corrected chi connectivity index (χ1v) is 8.19. The maximum Gasteiger partial charge on any atom is 0.0543 e. The fraction of sp³-hybridized carbons (Fsp3) is 0.625. The van der Waals surface area contributed by atoms with Gasteiger partial charge in [-0.1, -0.05) is 22.0 Å². The number of hydrogen-bond acceptors (Lipinski definition) is 2. The number of aliphatic hydroxyl groups excluding tert-OH is 1. The Labute approximate surface area is 123 Å². The molecule has 3 heteroatoms. The van der Waals surface area contributed by atoms with E-state index in [4.69, 9.17) is 0 Å². The van der Waals surface area contributed by atoms with E-state index < -0.39 is 0 Å². The summed E-state index contributed by atoms with van der Waals surface area (Å²) in [5, 5.41) is 13.3. The number of hydrogen-bond donors (Lipinski definition) is 2. The molecule has 1 fully saturated rings. The van der Waals surface area contributed by atoms with E-state index in [0.29, 0.717) is 12.0 Å². The molecule has 0 bridgehead atoms. The van der Waals surface area contributed by atoms with Crippen molar-refractivity contribution in [3.63, 3.8) is 0 Å². The third-order valence-corrected chi connectivity index (χ3v) is 5.10. The second-order valence-corrected chi connectivity index (χ2v) is 7.01. The van der Waals surface area contributed by atoms with E-state index >= 15 is 0 Å². The smallest absolute Gasteiger partial charge is 0.0543 e. The molecule has 1 aromatic carbocycles. The summed E-state index contributed by atoms with van der Waals surface area (Å²) in [4.78, 5) is 0. The fourth-order valence-corrected chi connectivity index (χ4v) is 3.87. The number of nitrogens with one attached hydrogen (secondary N) is 1. The summed E-state index contributed by atoms with van der Waals surface area (Å²) >= 11 is 3.55. The zero-order valence-corrected chi connectivity index (χ0v) is 12.8. The molecule has 2 N–H and O–H groups in total. The van der Waals surface area contributed by atoms with Gasteiger partial charge in [-0.3, -0.25) is 0 Å². The van der Waals surface area contributed by atoms with Crippen LogP contribution in [0.3, 0.4) is 0 Å². The molecule has 0 heterocycles. The minimum absolute atomic E-state index is 0.0452. The van der Waals surface area contributed by atoms with Crippen molar-refractivity contribution in [1.29, 1.82) is 0 Å². The summed E-state index contributed by atoms with van der Waals surface area (Å²) in [6.07, 6.45) is 6.69. The lowest BCUT2D eigenvalue weighted by Gasteiger charge is -2.27. The molecule has 19 heavy (non-hydrogen) atoms. The van der Waals surface area contributed by atoms with Crippen LogP contribution in [-0.4, -0.2) is 23.8 Å². The maximum atomic E-state index is 9.56. The Kier molecular flexibility index (Phi) is 4.25. The highest BCUT2D eigenvalue weighted by Crippen LogP contribution is 2.27. The van der Waals surface area contributed by atoms with Gasteiger partial charge in [-0.05, 0) is 74.2 Å². The van der Waals surface area contributed by atoms with Crippen molar-refractivity contribution in [2.24, 2.45) is 5.92 Å². The fourth-order valence-electron chi connectivity index (χ4n) is 3.47. The highest BCUT2D eigenvalue weighted by Gasteiger charge is 2.24. The predicted molar refractivity (Wildman–Crippen MR) is 81.3 cm³/mol. The first kappa shape index (κ1) is 13.6. The monoisotopic (exact) mass is 323 g/mol. The lowest BCUT2D eigenvalue weighted by Crippen LogP contribution is -2.37. The zero-order chi connectivity index (χ0) is 13.2. The molecule has 0 spiro atoms. The van der Waals surface area contributed by atoms with Crippen molar-refractivity contribution in [2.45, 2.75) is 50.7 Å².